The van der Waals surface area contributed by atoms with Crippen molar-refractivity contribution < 1.29 is 14.3 Å². The molecule has 7 nitrogen and oxygen atoms in total. The van der Waals surface area contributed by atoms with Gasteiger partial charge in [-0.15, -0.1) is 11.3 Å². The van der Waals surface area contributed by atoms with Crippen LogP contribution in [-0.2, 0) is 17.7 Å². The quantitative estimate of drug-likeness (QED) is 0.340. The third-order valence-electron chi connectivity index (χ3n) is 5.44. The van der Waals surface area contributed by atoms with Gasteiger partial charge in [-0.3, -0.25) is 9.78 Å². The largest absolute Gasteiger partial charge is 0.497 e. The van der Waals surface area contributed by atoms with E-state index < -0.39 is 5.97 Å². The molecule has 1 aromatic carbocycles. The van der Waals surface area contributed by atoms with Gasteiger partial charge < -0.3 is 14.0 Å². The number of rotatable bonds is 8. The highest BCUT2D eigenvalue weighted by Crippen LogP contribution is 2.28. The number of hydrogen-bond acceptors (Lipinski definition) is 7. The molecule has 0 radical (unpaired) electrons. The summed E-state index contributed by atoms with van der Waals surface area (Å²) >= 11 is 1.44. The van der Waals surface area contributed by atoms with E-state index in [-0.39, 0.29) is 12.2 Å². The van der Waals surface area contributed by atoms with E-state index in [2.05, 4.69) is 4.98 Å². The molecule has 4 aromatic rings. The molecular formula is C26H25N3O4S. The summed E-state index contributed by atoms with van der Waals surface area (Å²) in [7, 11) is 1.61. The fourth-order valence-electron chi connectivity index (χ4n) is 3.76. The van der Waals surface area contributed by atoms with Gasteiger partial charge in [0.25, 0.3) is 5.56 Å². The van der Waals surface area contributed by atoms with Gasteiger partial charge in [0.05, 0.1) is 37.1 Å². The monoisotopic (exact) mass is 475 g/mol. The molecule has 0 saturated heterocycles. The standard InChI is InChI=1S/C26H25N3O4S/c1-4-23-21(26(31)33-5-2)14-20(22-16-34-24(28-22)18-10-12-27-13-11-18)25(30)29(23)15-17-6-8-19(32-3)9-7-17/h6-14,16H,4-5,15H2,1-3H3. The van der Waals surface area contributed by atoms with Gasteiger partial charge in [-0.25, -0.2) is 9.78 Å². The molecule has 8 heteroatoms. The van der Waals surface area contributed by atoms with E-state index in [1.54, 1.807) is 37.1 Å². The van der Waals surface area contributed by atoms with Crippen LogP contribution < -0.4 is 10.3 Å². The number of carbonyl (C=O) groups is 1. The molecule has 34 heavy (non-hydrogen) atoms. The summed E-state index contributed by atoms with van der Waals surface area (Å²) in [5.74, 6) is 0.285. The maximum Gasteiger partial charge on any atom is 0.339 e. The predicted molar refractivity (Wildman–Crippen MR) is 132 cm³/mol. The lowest BCUT2D eigenvalue weighted by Crippen LogP contribution is -2.28. The number of thiazole rings is 1. The molecule has 0 spiro atoms. The van der Waals surface area contributed by atoms with E-state index in [0.29, 0.717) is 35.5 Å². The first-order valence-corrected chi connectivity index (χ1v) is 11.9. The Bertz CT molecular complexity index is 1340. The van der Waals surface area contributed by atoms with Crippen molar-refractivity contribution in [2.45, 2.75) is 26.8 Å². The minimum Gasteiger partial charge on any atom is -0.497 e. The van der Waals surface area contributed by atoms with Crippen LogP contribution in [-0.4, -0.2) is 34.2 Å². The Kier molecular flexibility index (Phi) is 7.18. The van der Waals surface area contributed by atoms with E-state index in [9.17, 15) is 9.59 Å². The number of hydrogen-bond donors (Lipinski definition) is 0. The number of carbonyl (C=O) groups excluding carboxylic acids is 1. The van der Waals surface area contributed by atoms with Gasteiger partial charge in [0.15, 0.2) is 0 Å². The van der Waals surface area contributed by atoms with Crippen molar-refractivity contribution in [2.24, 2.45) is 0 Å². The van der Waals surface area contributed by atoms with Crippen LogP contribution in [0.1, 0.15) is 35.5 Å². The number of benzene rings is 1. The lowest BCUT2D eigenvalue weighted by atomic mass is 10.1. The number of esters is 1. The zero-order valence-electron chi connectivity index (χ0n) is 19.3. The molecule has 0 atom stereocenters. The van der Waals surface area contributed by atoms with E-state index in [0.717, 1.165) is 21.9 Å². The molecule has 0 unspecified atom stereocenters. The van der Waals surface area contributed by atoms with E-state index in [1.807, 2.05) is 48.7 Å². The minimum absolute atomic E-state index is 0.202. The highest BCUT2D eigenvalue weighted by Gasteiger charge is 2.22. The Balaban J connectivity index is 1.85. The maximum atomic E-state index is 13.7. The molecule has 0 amide bonds. The zero-order valence-corrected chi connectivity index (χ0v) is 20.1. The Morgan fingerprint density at radius 1 is 1.09 bits per heavy atom. The van der Waals surface area contributed by atoms with Crippen LogP contribution in [0.4, 0.5) is 0 Å². The summed E-state index contributed by atoms with van der Waals surface area (Å²) in [5.41, 5.74) is 3.54. The summed E-state index contributed by atoms with van der Waals surface area (Å²) in [6.45, 7) is 4.25. The average molecular weight is 476 g/mol. The molecule has 174 valence electrons. The summed E-state index contributed by atoms with van der Waals surface area (Å²) in [4.78, 5) is 35.3. The average Bonchev–Trinajstić information content (AvgIpc) is 3.36. The summed E-state index contributed by atoms with van der Waals surface area (Å²) in [6, 6.07) is 12.9. The van der Waals surface area contributed by atoms with E-state index in [4.69, 9.17) is 14.5 Å². The van der Waals surface area contributed by atoms with Crippen molar-refractivity contribution in [2.75, 3.05) is 13.7 Å². The summed E-state index contributed by atoms with van der Waals surface area (Å²) in [6.07, 6.45) is 3.90. The number of aromatic nitrogens is 3. The second-order valence-corrected chi connectivity index (χ2v) is 8.36. The molecule has 0 aliphatic rings. The van der Waals surface area contributed by atoms with Crippen LogP contribution in [0, 0.1) is 0 Å². The van der Waals surface area contributed by atoms with Gasteiger partial charge in [0, 0.05) is 29.0 Å². The molecule has 0 fully saturated rings. The summed E-state index contributed by atoms with van der Waals surface area (Å²) in [5, 5.41) is 2.61. The number of nitrogens with zero attached hydrogens (tertiary/aromatic N) is 3. The van der Waals surface area contributed by atoms with Crippen LogP contribution in [0.15, 0.2) is 65.0 Å². The molecular weight excluding hydrogens is 450 g/mol. The van der Waals surface area contributed by atoms with Crippen molar-refractivity contribution in [3.8, 4) is 27.6 Å². The normalized spacial score (nSPS) is 10.8. The Morgan fingerprint density at radius 3 is 2.47 bits per heavy atom. The Hall–Kier alpha value is -3.78. The van der Waals surface area contributed by atoms with Gasteiger partial charge in [0.1, 0.15) is 10.8 Å². The van der Waals surface area contributed by atoms with Gasteiger partial charge in [-0.05, 0) is 49.2 Å². The highest BCUT2D eigenvalue weighted by molar-refractivity contribution is 7.13. The van der Waals surface area contributed by atoms with E-state index in [1.165, 1.54) is 11.3 Å². The van der Waals surface area contributed by atoms with Crippen LogP contribution >= 0.6 is 11.3 Å². The molecule has 3 heterocycles. The molecule has 0 N–H and O–H groups in total. The van der Waals surface area contributed by atoms with Crippen LogP contribution in [0.25, 0.3) is 21.8 Å². The molecule has 0 bridgehead atoms. The first-order valence-electron chi connectivity index (χ1n) is 11.0. The minimum atomic E-state index is -0.450. The smallest absolute Gasteiger partial charge is 0.339 e. The highest BCUT2D eigenvalue weighted by atomic mass is 32.1. The lowest BCUT2D eigenvalue weighted by molar-refractivity contribution is 0.0524. The third kappa shape index (κ3) is 4.77. The van der Waals surface area contributed by atoms with Crippen LogP contribution in [0.3, 0.4) is 0 Å². The number of methoxy groups -OCH3 is 1. The molecule has 3 aromatic heterocycles. The molecule has 0 aliphatic carbocycles. The Labute approximate surface area is 201 Å². The van der Waals surface area contributed by atoms with Crippen LogP contribution in [0.5, 0.6) is 5.75 Å². The molecule has 4 rings (SSSR count). The lowest BCUT2D eigenvalue weighted by Gasteiger charge is -2.17. The second-order valence-electron chi connectivity index (χ2n) is 7.51. The zero-order chi connectivity index (χ0) is 24.1. The van der Waals surface area contributed by atoms with Gasteiger partial charge >= 0.3 is 5.97 Å². The predicted octanol–water partition coefficient (Wildman–Crippen LogP) is 4.83. The van der Waals surface area contributed by atoms with Crippen molar-refractivity contribution in [3.63, 3.8) is 0 Å². The van der Waals surface area contributed by atoms with Gasteiger partial charge in [-0.1, -0.05) is 19.1 Å². The SMILES string of the molecule is CCOC(=O)c1cc(-c2csc(-c3ccncc3)n2)c(=O)n(Cc2ccc(OC)cc2)c1CC. The third-order valence-corrected chi connectivity index (χ3v) is 6.33. The van der Waals surface area contributed by atoms with Crippen molar-refractivity contribution >= 4 is 17.3 Å². The van der Waals surface area contributed by atoms with Crippen molar-refractivity contribution in [1.82, 2.24) is 14.5 Å². The van der Waals surface area contributed by atoms with Gasteiger partial charge in [0.2, 0.25) is 0 Å². The number of ether oxygens (including phenoxy) is 2. The van der Waals surface area contributed by atoms with E-state index >= 15 is 0 Å². The number of pyridine rings is 2. The van der Waals surface area contributed by atoms with Crippen molar-refractivity contribution in [1.29, 1.82) is 0 Å². The first kappa shape index (κ1) is 23.4. The van der Waals surface area contributed by atoms with Crippen molar-refractivity contribution in [3.05, 3.63) is 87.4 Å². The van der Waals surface area contributed by atoms with Crippen LogP contribution in [0.2, 0.25) is 0 Å². The first-order chi connectivity index (χ1) is 16.5. The topological polar surface area (TPSA) is 83.3 Å². The van der Waals surface area contributed by atoms with Gasteiger partial charge in [-0.2, -0.15) is 0 Å². The molecule has 0 saturated carbocycles. The maximum absolute atomic E-state index is 13.7. The second kappa shape index (κ2) is 10.4. The Morgan fingerprint density at radius 2 is 1.82 bits per heavy atom. The fraction of sp³-hybridized carbons (Fsp3) is 0.231. The molecule has 0 aliphatic heterocycles. The summed E-state index contributed by atoms with van der Waals surface area (Å²) < 4.78 is 12.2. The fourth-order valence-corrected chi connectivity index (χ4v) is 4.58.